The van der Waals surface area contributed by atoms with Gasteiger partial charge in [-0.25, -0.2) is 12.8 Å². The highest BCUT2D eigenvalue weighted by Gasteiger charge is 2.30. The quantitative estimate of drug-likeness (QED) is 0.692. The lowest BCUT2D eigenvalue weighted by Gasteiger charge is -2.29. The molecule has 1 aliphatic rings. The Kier molecular flexibility index (Phi) is 6.59. The molecule has 0 aliphatic carbocycles. The van der Waals surface area contributed by atoms with Crippen LogP contribution in [0.15, 0.2) is 60.0 Å². The summed E-state index contributed by atoms with van der Waals surface area (Å²) in [6, 6.07) is 15.1. The first-order valence-corrected chi connectivity index (χ1v) is 10.6. The number of nitrogens with zero attached hydrogens (tertiary/aromatic N) is 1. The molecule has 0 amide bonds. The monoisotopic (exact) mass is 403 g/mol. The summed E-state index contributed by atoms with van der Waals surface area (Å²) in [6.45, 7) is 0.539. The highest BCUT2D eigenvalue weighted by atomic mass is 32.2. The second-order valence-electron chi connectivity index (χ2n) is 6.67. The van der Waals surface area contributed by atoms with Gasteiger partial charge < -0.3 is 4.74 Å². The third-order valence-corrected chi connectivity index (χ3v) is 6.21. The van der Waals surface area contributed by atoms with E-state index in [1.165, 1.54) is 21.8 Å². The number of hydrogen-bond donors (Lipinski definition) is 0. The van der Waals surface area contributed by atoms with Crippen LogP contribution in [0.4, 0.5) is 4.39 Å². The Morgan fingerprint density at radius 3 is 2.50 bits per heavy atom. The molecule has 0 N–H and O–H groups in total. The minimum Gasteiger partial charge on any atom is -0.461 e. The van der Waals surface area contributed by atoms with Gasteiger partial charge in [-0.05, 0) is 42.2 Å². The smallest absolute Gasteiger partial charge is 0.309 e. The number of ether oxygens (including phenoxy) is 1. The van der Waals surface area contributed by atoms with Crippen molar-refractivity contribution in [3.8, 4) is 0 Å². The van der Waals surface area contributed by atoms with Gasteiger partial charge in [0.1, 0.15) is 12.4 Å². The maximum Gasteiger partial charge on any atom is 0.309 e. The summed E-state index contributed by atoms with van der Waals surface area (Å²) in [6.07, 6.45) is 2.37. The number of halogens is 1. The summed E-state index contributed by atoms with van der Waals surface area (Å²) in [4.78, 5) is 12.2. The van der Waals surface area contributed by atoms with Crippen LogP contribution in [0.5, 0.6) is 0 Å². The van der Waals surface area contributed by atoms with Crippen LogP contribution in [0.1, 0.15) is 24.0 Å². The van der Waals surface area contributed by atoms with Crippen LogP contribution in [-0.4, -0.2) is 31.8 Å². The molecule has 1 saturated heterocycles. The first-order chi connectivity index (χ1) is 13.4. The van der Waals surface area contributed by atoms with E-state index in [2.05, 4.69) is 0 Å². The normalized spacial score (nSPS) is 16.3. The molecule has 7 heteroatoms. The topological polar surface area (TPSA) is 63.7 Å². The molecule has 2 aromatic rings. The lowest BCUT2D eigenvalue weighted by molar-refractivity contribution is -0.151. The summed E-state index contributed by atoms with van der Waals surface area (Å²) in [5, 5.41) is 1.20. The molecule has 5 nitrogen and oxygen atoms in total. The summed E-state index contributed by atoms with van der Waals surface area (Å²) >= 11 is 0. The SMILES string of the molecule is O=C(OCc1cccc(F)c1)C1CCN(S(=O)(=O)/C=C/c2ccccc2)CC1. The fraction of sp³-hybridized carbons (Fsp3) is 0.286. The van der Waals surface area contributed by atoms with Crippen LogP contribution in [0.2, 0.25) is 0 Å². The number of carbonyl (C=O) groups is 1. The van der Waals surface area contributed by atoms with Gasteiger partial charge in [-0.15, -0.1) is 0 Å². The van der Waals surface area contributed by atoms with Gasteiger partial charge in [-0.1, -0.05) is 42.5 Å². The maximum atomic E-state index is 13.2. The van der Waals surface area contributed by atoms with Crippen molar-refractivity contribution in [1.29, 1.82) is 0 Å². The fourth-order valence-corrected chi connectivity index (χ4v) is 4.28. The summed E-state index contributed by atoms with van der Waals surface area (Å²) in [5.41, 5.74) is 1.39. The molecule has 0 radical (unpaired) electrons. The standard InChI is InChI=1S/C21H22FNO4S/c22-20-8-4-7-18(15-20)16-27-21(24)19-9-12-23(13-10-19)28(25,26)14-11-17-5-2-1-3-6-17/h1-8,11,14-15,19H,9-10,12-13,16H2/b14-11+. The van der Waals surface area contributed by atoms with Gasteiger partial charge in [-0.3, -0.25) is 4.79 Å². The molecular formula is C21H22FNO4S. The zero-order valence-electron chi connectivity index (χ0n) is 15.3. The van der Waals surface area contributed by atoms with E-state index in [1.54, 1.807) is 18.2 Å². The predicted octanol–water partition coefficient (Wildman–Crippen LogP) is 3.58. The number of piperidine rings is 1. The number of esters is 1. The van der Waals surface area contributed by atoms with E-state index in [0.717, 1.165) is 5.56 Å². The molecule has 1 heterocycles. The molecule has 1 fully saturated rings. The molecule has 28 heavy (non-hydrogen) atoms. The first-order valence-electron chi connectivity index (χ1n) is 9.08. The highest BCUT2D eigenvalue weighted by Crippen LogP contribution is 2.22. The molecule has 0 bridgehead atoms. The van der Waals surface area contributed by atoms with Gasteiger partial charge in [0.2, 0.25) is 10.0 Å². The molecule has 0 saturated carbocycles. The first kappa shape index (κ1) is 20.2. The van der Waals surface area contributed by atoms with Crippen LogP contribution in [0, 0.1) is 11.7 Å². The van der Waals surface area contributed by atoms with Gasteiger partial charge in [0.25, 0.3) is 0 Å². The Labute approximate surface area is 164 Å². The Balaban J connectivity index is 1.50. The van der Waals surface area contributed by atoms with Crippen LogP contribution >= 0.6 is 0 Å². The number of sulfonamides is 1. The van der Waals surface area contributed by atoms with E-state index in [1.807, 2.05) is 30.3 Å². The number of hydrogen-bond acceptors (Lipinski definition) is 4. The molecule has 148 valence electrons. The molecule has 3 rings (SSSR count). The minimum absolute atomic E-state index is 0.00885. The Hall–Kier alpha value is -2.51. The van der Waals surface area contributed by atoms with Gasteiger partial charge in [0, 0.05) is 18.5 Å². The summed E-state index contributed by atoms with van der Waals surface area (Å²) < 4.78 is 44.7. The summed E-state index contributed by atoms with van der Waals surface area (Å²) in [7, 11) is -3.53. The van der Waals surface area contributed by atoms with E-state index < -0.39 is 10.0 Å². The number of rotatable bonds is 6. The van der Waals surface area contributed by atoms with E-state index >= 15 is 0 Å². The second-order valence-corrected chi connectivity index (χ2v) is 8.49. The average Bonchev–Trinajstić information content (AvgIpc) is 2.71. The highest BCUT2D eigenvalue weighted by molar-refractivity contribution is 7.92. The number of carbonyl (C=O) groups excluding carboxylic acids is 1. The van der Waals surface area contributed by atoms with Crippen LogP contribution in [-0.2, 0) is 26.2 Å². The van der Waals surface area contributed by atoms with Crippen molar-refractivity contribution < 1.29 is 22.3 Å². The Morgan fingerprint density at radius 2 is 1.82 bits per heavy atom. The van der Waals surface area contributed by atoms with Gasteiger partial charge in [0.05, 0.1) is 5.92 Å². The molecule has 0 aromatic heterocycles. The lowest BCUT2D eigenvalue weighted by atomic mass is 9.98. The Morgan fingerprint density at radius 1 is 1.11 bits per heavy atom. The van der Waals surface area contributed by atoms with Crippen molar-refractivity contribution in [1.82, 2.24) is 4.31 Å². The van der Waals surface area contributed by atoms with Crippen LogP contribution in [0.3, 0.4) is 0 Å². The zero-order valence-corrected chi connectivity index (χ0v) is 16.1. The minimum atomic E-state index is -3.53. The third kappa shape index (κ3) is 5.50. The van der Waals surface area contributed by atoms with E-state index in [9.17, 15) is 17.6 Å². The van der Waals surface area contributed by atoms with E-state index in [0.29, 0.717) is 18.4 Å². The Bertz CT molecular complexity index is 936. The summed E-state index contributed by atoms with van der Waals surface area (Å²) in [5.74, 6) is -1.10. The molecular weight excluding hydrogens is 381 g/mol. The largest absolute Gasteiger partial charge is 0.461 e. The fourth-order valence-electron chi connectivity index (χ4n) is 3.06. The third-order valence-electron chi connectivity index (χ3n) is 4.65. The molecule has 0 atom stereocenters. The zero-order chi connectivity index (χ0) is 20.0. The van der Waals surface area contributed by atoms with Crippen molar-refractivity contribution in [3.05, 3.63) is 76.9 Å². The molecule has 2 aromatic carbocycles. The van der Waals surface area contributed by atoms with Crippen molar-refractivity contribution in [2.24, 2.45) is 5.92 Å². The van der Waals surface area contributed by atoms with Crippen molar-refractivity contribution in [2.75, 3.05) is 13.1 Å². The average molecular weight is 403 g/mol. The van der Waals surface area contributed by atoms with E-state index in [-0.39, 0.29) is 37.4 Å². The van der Waals surface area contributed by atoms with Gasteiger partial charge in [0.15, 0.2) is 0 Å². The predicted molar refractivity (Wildman–Crippen MR) is 105 cm³/mol. The van der Waals surface area contributed by atoms with Crippen LogP contribution in [0.25, 0.3) is 6.08 Å². The molecule has 1 aliphatic heterocycles. The van der Waals surface area contributed by atoms with Gasteiger partial charge >= 0.3 is 5.97 Å². The van der Waals surface area contributed by atoms with Crippen molar-refractivity contribution in [3.63, 3.8) is 0 Å². The molecule has 0 spiro atoms. The van der Waals surface area contributed by atoms with Crippen LogP contribution < -0.4 is 0 Å². The second kappa shape index (κ2) is 9.12. The number of benzene rings is 2. The lowest BCUT2D eigenvalue weighted by Crippen LogP contribution is -2.39. The van der Waals surface area contributed by atoms with Crippen molar-refractivity contribution >= 4 is 22.1 Å². The van der Waals surface area contributed by atoms with E-state index in [4.69, 9.17) is 4.74 Å². The maximum absolute atomic E-state index is 13.2. The van der Waals surface area contributed by atoms with Crippen molar-refractivity contribution in [2.45, 2.75) is 19.4 Å². The molecule has 0 unspecified atom stereocenters. The van der Waals surface area contributed by atoms with Gasteiger partial charge in [-0.2, -0.15) is 4.31 Å².